The molecule has 0 saturated heterocycles. The molecule has 0 aromatic carbocycles. The van der Waals surface area contributed by atoms with Crippen molar-refractivity contribution in [2.24, 2.45) is 11.8 Å². The predicted molar refractivity (Wildman–Crippen MR) is 107 cm³/mol. The van der Waals surface area contributed by atoms with E-state index in [2.05, 4.69) is 18.3 Å². The smallest absolute Gasteiger partial charge is 0.341 e. The Morgan fingerprint density at radius 1 is 1.44 bits per heavy atom. The third-order valence-corrected chi connectivity index (χ3v) is 5.98. The Kier molecular flexibility index (Phi) is 7.81. The summed E-state index contributed by atoms with van der Waals surface area (Å²) in [6, 6.07) is 2.20. The minimum atomic E-state index is -0.356. The molecule has 1 aromatic heterocycles. The predicted octanol–water partition coefficient (Wildman–Crippen LogP) is 3.47. The molecule has 1 amide bonds. The number of ether oxygens (including phenoxy) is 1. The Morgan fingerprint density at radius 2 is 2.19 bits per heavy atom. The quantitative estimate of drug-likeness (QED) is 0.686. The molecule has 1 N–H and O–H groups in total. The van der Waals surface area contributed by atoms with Crippen molar-refractivity contribution < 1.29 is 14.3 Å². The van der Waals surface area contributed by atoms with Gasteiger partial charge in [-0.2, -0.15) is 5.26 Å². The van der Waals surface area contributed by atoms with Crippen molar-refractivity contribution in [3.05, 3.63) is 16.0 Å². The summed E-state index contributed by atoms with van der Waals surface area (Å²) < 4.78 is 5.24. The first-order valence-electron chi connectivity index (χ1n) is 9.62. The number of rotatable bonds is 8. The average Bonchev–Trinajstić information content (AvgIpc) is 2.97. The van der Waals surface area contributed by atoms with E-state index in [0.717, 1.165) is 24.8 Å². The van der Waals surface area contributed by atoms with E-state index in [9.17, 15) is 9.59 Å². The van der Waals surface area contributed by atoms with E-state index in [4.69, 9.17) is 10.00 Å². The first-order valence-corrected chi connectivity index (χ1v) is 10.4. The summed E-state index contributed by atoms with van der Waals surface area (Å²) in [4.78, 5) is 28.2. The largest absolute Gasteiger partial charge is 0.462 e. The fourth-order valence-electron chi connectivity index (χ4n) is 3.36. The van der Waals surface area contributed by atoms with Gasteiger partial charge < -0.3 is 10.1 Å². The number of amides is 1. The second-order valence-corrected chi connectivity index (χ2v) is 8.29. The molecule has 0 saturated carbocycles. The maximum Gasteiger partial charge on any atom is 0.341 e. The molecule has 7 heteroatoms. The van der Waals surface area contributed by atoms with Gasteiger partial charge in [-0.25, -0.2) is 4.79 Å². The van der Waals surface area contributed by atoms with Gasteiger partial charge in [-0.3, -0.25) is 9.69 Å². The molecule has 2 rings (SSSR count). The van der Waals surface area contributed by atoms with E-state index in [0.29, 0.717) is 36.2 Å². The maximum absolute atomic E-state index is 12.6. The molecule has 0 aliphatic heterocycles. The van der Waals surface area contributed by atoms with Crippen LogP contribution in [0.25, 0.3) is 0 Å². The monoisotopic (exact) mass is 391 g/mol. The standard InChI is InChI=1S/C20H29N3O3S/c1-5-23(11-14(4)10-21)12-17(24)22-19-18(20(25)26-6-2)15-8-7-13(3)9-16(15)27-19/h13-14H,5-9,11-12H2,1-4H3,(H,22,24). The number of hydrogen-bond donors (Lipinski definition) is 1. The van der Waals surface area contributed by atoms with E-state index in [-0.39, 0.29) is 24.3 Å². The van der Waals surface area contributed by atoms with Crippen LogP contribution in [0.5, 0.6) is 0 Å². The van der Waals surface area contributed by atoms with Gasteiger partial charge in [0.25, 0.3) is 0 Å². The molecule has 1 aromatic rings. The molecule has 0 spiro atoms. The molecule has 27 heavy (non-hydrogen) atoms. The van der Waals surface area contributed by atoms with Crippen molar-refractivity contribution in [3.63, 3.8) is 0 Å². The lowest BCUT2D eigenvalue weighted by molar-refractivity contribution is -0.117. The van der Waals surface area contributed by atoms with Crippen molar-refractivity contribution >= 4 is 28.2 Å². The van der Waals surface area contributed by atoms with Gasteiger partial charge in [0.05, 0.1) is 30.7 Å². The minimum absolute atomic E-state index is 0.136. The summed E-state index contributed by atoms with van der Waals surface area (Å²) in [5, 5.41) is 12.5. The average molecular weight is 392 g/mol. The van der Waals surface area contributed by atoms with E-state index in [1.54, 1.807) is 6.92 Å². The fourth-order valence-corrected chi connectivity index (χ4v) is 4.78. The van der Waals surface area contributed by atoms with Crippen molar-refractivity contribution in [2.45, 2.75) is 47.0 Å². The molecule has 1 aliphatic rings. The lowest BCUT2D eigenvalue weighted by Crippen LogP contribution is -2.35. The third-order valence-electron chi connectivity index (χ3n) is 4.81. The van der Waals surface area contributed by atoms with Crippen LogP contribution < -0.4 is 5.32 Å². The normalized spacial score (nSPS) is 17.1. The van der Waals surface area contributed by atoms with Crippen molar-refractivity contribution in [3.8, 4) is 6.07 Å². The summed E-state index contributed by atoms with van der Waals surface area (Å²) in [5.74, 6) is -0.0781. The van der Waals surface area contributed by atoms with Crippen LogP contribution in [0.1, 0.15) is 54.9 Å². The molecular formula is C20H29N3O3S. The van der Waals surface area contributed by atoms with Gasteiger partial charge in [-0.15, -0.1) is 11.3 Å². The molecule has 2 atom stereocenters. The van der Waals surface area contributed by atoms with Gasteiger partial charge in [0.15, 0.2) is 0 Å². The van der Waals surface area contributed by atoms with Crippen LogP contribution in [0.3, 0.4) is 0 Å². The van der Waals surface area contributed by atoms with Crippen molar-refractivity contribution in [2.75, 3.05) is 31.6 Å². The molecule has 0 bridgehead atoms. The van der Waals surface area contributed by atoms with Crippen LogP contribution in [0, 0.1) is 23.2 Å². The topological polar surface area (TPSA) is 82.4 Å². The molecule has 1 aliphatic carbocycles. The van der Waals surface area contributed by atoms with Crippen LogP contribution in [0.4, 0.5) is 5.00 Å². The number of nitriles is 1. The lowest BCUT2D eigenvalue weighted by atomic mass is 9.88. The van der Waals surface area contributed by atoms with Crippen LogP contribution in [-0.4, -0.2) is 43.0 Å². The number of carbonyl (C=O) groups is 2. The highest BCUT2D eigenvalue weighted by Crippen LogP contribution is 2.40. The van der Waals surface area contributed by atoms with E-state index in [1.165, 1.54) is 16.2 Å². The zero-order valence-electron chi connectivity index (χ0n) is 16.6. The maximum atomic E-state index is 12.6. The Hall–Kier alpha value is -1.91. The molecule has 6 nitrogen and oxygen atoms in total. The molecule has 0 radical (unpaired) electrons. The zero-order valence-corrected chi connectivity index (χ0v) is 17.4. The molecule has 2 unspecified atom stereocenters. The highest BCUT2D eigenvalue weighted by Gasteiger charge is 2.29. The number of fused-ring (bicyclic) bond motifs is 1. The molecule has 0 fully saturated rings. The summed E-state index contributed by atoms with van der Waals surface area (Å²) in [6.45, 7) is 9.53. The first kappa shape index (κ1) is 21.4. The Bertz CT molecular complexity index is 723. The van der Waals surface area contributed by atoms with Gasteiger partial charge in [-0.05, 0) is 51.1 Å². The Labute approximate surface area is 165 Å². The number of hydrogen-bond acceptors (Lipinski definition) is 6. The molecule has 1 heterocycles. The van der Waals surface area contributed by atoms with Gasteiger partial charge in [0.2, 0.25) is 5.91 Å². The third kappa shape index (κ3) is 5.53. The van der Waals surface area contributed by atoms with Crippen LogP contribution >= 0.6 is 11.3 Å². The van der Waals surface area contributed by atoms with Crippen LogP contribution in [0.15, 0.2) is 0 Å². The van der Waals surface area contributed by atoms with Gasteiger partial charge >= 0.3 is 5.97 Å². The summed E-state index contributed by atoms with van der Waals surface area (Å²) in [6.07, 6.45) is 2.82. The highest BCUT2D eigenvalue weighted by atomic mass is 32.1. The van der Waals surface area contributed by atoms with Crippen LogP contribution in [-0.2, 0) is 22.4 Å². The van der Waals surface area contributed by atoms with Gasteiger partial charge in [0.1, 0.15) is 5.00 Å². The number of thiophene rings is 1. The Morgan fingerprint density at radius 3 is 2.81 bits per heavy atom. The van der Waals surface area contributed by atoms with E-state index in [1.807, 2.05) is 18.7 Å². The Balaban J connectivity index is 2.18. The highest BCUT2D eigenvalue weighted by molar-refractivity contribution is 7.17. The van der Waals surface area contributed by atoms with Gasteiger partial charge in [-0.1, -0.05) is 13.8 Å². The number of anilines is 1. The zero-order chi connectivity index (χ0) is 20.0. The number of carbonyl (C=O) groups excluding carboxylic acids is 2. The van der Waals surface area contributed by atoms with Crippen molar-refractivity contribution in [1.82, 2.24) is 4.90 Å². The second-order valence-electron chi connectivity index (χ2n) is 7.18. The summed E-state index contributed by atoms with van der Waals surface area (Å²) in [5.41, 5.74) is 1.57. The van der Waals surface area contributed by atoms with Gasteiger partial charge in [0, 0.05) is 11.4 Å². The summed E-state index contributed by atoms with van der Waals surface area (Å²) >= 11 is 1.50. The minimum Gasteiger partial charge on any atom is -0.462 e. The number of likely N-dealkylation sites (N-methyl/N-ethyl adjacent to an activating group) is 1. The SMILES string of the molecule is CCOC(=O)c1c(NC(=O)CN(CC)CC(C)C#N)sc2c1CCC(C)C2. The first-order chi connectivity index (χ1) is 12.9. The van der Waals surface area contributed by atoms with E-state index < -0.39 is 0 Å². The van der Waals surface area contributed by atoms with Crippen molar-refractivity contribution in [1.29, 1.82) is 5.26 Å². The molecule has 148 valence electrons. The fraction of sp³-hybridized carbons (Fsp3) is 0.650. The number of nitrogens with zero attached hydrogens (tertiary/aromatic N) is 2. The lowest BCUT2D eigenvalue weighted by Gasteiger charge is -2.20. The second kappa shape index (κ2) is 9.86. The van der Waals surface area contributed by atoms with E-state index >= 15 is 0 Å². The summed E-state index contributed by atoms with van der Waals surface area (Å²) in [7, 11) is 0. The number of nitrogens with one attached hydrogen (secondary N) is 1. The number of esters is 1. The molecular weight excluding hydrogens is 362 g/mol. The van der Waals surface area contributed by atoms with Crippen LogP contribution in [0.2, 0.25) is 0 Å².